The van der Waals surface area contributed by atoms with E-state index in [1.165, 1.54) is 18.7 Å². The van der Waals surface area contributed by atoms with Gasteiger partial charge in [0.1, 0.15) is 0 Å². The van der Waals surface area contributed by atoms with Crippen LogP contribution in [-0.2, 0) is 4.79 Å². The van der Waals surface area contributed by atoms with E-state index in [2.05, 4.69) is 15.5 Å². The van der Waals surface area contributed by atoms with E-state index in [1.807, 2.05) is 91.0 Å². The first-order chi connectivity index (χ1) is 14.7. The van der Waals surface area contributed by atoms with E-state index in [0.717, 1.165) is 28.2 Å². The van der Waals surface area contributed by atoms with Crippen molar-refractivity contribution in [1.29, 1.82) is 0 Å². The van der Waals surface area contributed by atoms with Crippen LogP contribution in [0.2, 0.25) is 0 Å². The van der Waals surface area contributed by atoms with Crippen molar-refractivity contribution >= 4 is 28.3 Å². The molecule has 0 aliphatic heterocycles. The number of rotatable bonds is 6. The normalized spacial score (nSPS) is 11.3. The van der Waals surface area contributed by atoms with Crippen molar-refractivity contribution in [3.63, 3.8) is 0 Å². The van der Waals surface area contributed by atoms with Crippen molar-refractivity contribution in [3.05, 3.63) is 91.0 Å². The van der Waals surface area contributed by atoms with Gasteiger partial charge in [-0.1, -0.05) is 78.9 Å². The molecule has 148 valence electrons. The number of aromatic nitrogens is 2. The van der Waals surface area contributed by atoms with Crippen LogP contribution in [0.5, 0.6) is 0 Å². The molecule has 1 heterocycles. The first-order valence-electron chi connectivity index (χ1n) is 9.49. The second-order valence-electron chi connectivity index (χ2n) is 6.55. The molecule has 30 heavy (non-hydrogen) atoms. The lowest BCUT2D eigenvalue weighted by molar-refractivity contribution is -0.110. The zero-order chi connectivity index (χ0) is 20.8. The highest BCUT2D eigenvalue weighted by Crippen LogP contribution is 2.33. The van der Waals surface area contributed by atoms with E-state index < -0.39 is 0 Å². The summed E-state index contributed by atoms with van der Waals surface area (Å²) in [5, 5.41) is 5.23. The Labute approximate surface area is 179 Å². The SMILES string of the molecule is CC(=O)C(=NNc1ccccc1)Sc1nc(-c2ccccc2)c(-c2ccccc2)[nH]1. The molecule has 0 aliphatic rings. The average molecular weight is 413 g/mol. The van der Waals surface area contributed by atoms with Crippen molar-refractivity contribution in [1.82, 2.24) is 9.97 Å². The summed E-state index contributed by atoms with van der Waals surface area (Å²) in [6, 6.07) is 29.5. The third kappa shape index (κ3) is 4.67. The van der Waals surface area contributed by atoms with Gasteiger partial charge in [0.2, 0.25) is 0 Å². The van der Waals surface area contributed by atoms with Crippen LogP contribution in [0.25, 0.3) is 22.5 Å². The molecule has 1 aromatic heterocycles. The number of carbonyl (C=O) groups is 1. The second kappa shape index (κ2) is 9.24. The first-order valence-corrected chi connectivity index (χ1v) is 10.3. The predicted molar refractivity (Wildman–Crippen MR) is 123 cm³/mol. The van der Waals surface area contributed by atoms with Crippen LogP contribution in [-0.4, -0.2) is 20.8 Å². The fourth-order valence-corrected chi connectivity index (χ4v) is 3.62. The van der Waals surface area contributed by atoms with Crippen LogP contribution in [0, 0.1) is 0 Å². The first kappa shape index (κ1) is 19.7. The largest absolute Gasteiger partial charge is 0.332 e. The maximum Gasteiger partial charge on any atom is 0.186 e. The third-order valence-corrected chi connectivity index (χ3v) is 5.31. The molecule has 3 aromatic carbocycles. The zero-order valence-electron chi connectivity index (χ0n) is 16.4. The molecule has 2 N–H and O–H groups in total. The minimum Gasteiger partial charge on any atom is -0.332 e. The summed E-state index contributed by atoms with van der Waals surface area (Å²) in [5.41, 5.74) is 7.52. The van der Waals surface area contributed by atoms with Gasteiger partial charge in [-0.3, -0.25) is 10.2 Å². The molecule has 4 rings (SSSR count). The lowest BCUT2D eigenvalue weighted by Crippen LogP contribution is -2.08. The van der Waals surface area contributed by atoms with Crippen LogP contribution in [0.4, 0.5) is 5.69 Å². The van der Waals surface area contributed by atoms with Crippen molar-refractivity contribution in [2.75, 3.05) is 5.43 Å². The summed E-state index contributed by atoms with van der Waals surface area (Å²) < 4.78 is 0. The van der Waals surface area contributed by atoms with E-state index in [4.69, 9.17) is 4.98 Å². The summed E-state index contributed by atoms with van der Waals surface area (Å²) >= 11 is 1.21. The number of carbonyl (C=O) groups excluding carboxylic acids is 1. The molecule has 0 radical (unpaired) electrons. The fraction of sp³-hybridized carbons (Fsp3) is 0.0417. The molecule has 0 fully saturated rings. The van der Waals surface area contributed by atoms with E-state index in [0.29, 0.717) is 10.2 Å². The van der Waals surface area contributed by atoms with Gasteiger partial charge in [-0.2, -0.15) is 5.10 Å². The van der Waals surface area contributed by atoms with Gasteiger partial charge in [-0.15, -0.1) is 0 Å². The summed E-state index contributed by atoms with van der Waals surface area (Å²) in [6.07, 6.45) is 0. The van der Waals surface area contributed by atoms with Crippen molar-refractivity contribution in [2.24, 2.45) is 5.10 Å². The zero-order valence-corrected chi connectivity index (χ0v) is 17.2. The van der Waals surface area contributed by atoms with Gasteiger partial charge < -0.3 is 4.98 Å². The number of aromatic amines is 1. The number of Topliss-reactive ketones (excluding diaryl/α,β-unsaturated/α-hetero) is 1. The Balaban J connectivity index is 1.68. The Morgan fingerprint density at radius 2 is 1.43 bits per heavy atom. The van der Waals surface area contributed by atoms with Gasteiger partial charge in [0.25, 0.3) is 0 Å². The molecule has 0 aliphatic carbocycles. The second-order valence-corrected chi connectivity index (χ2v) is 7.53. The molecule has 6 heteroatoms. The van der Waals surface area contributed by atoms with E-state index in [-0.39, 0.29) is 5.78 Å². The Bertz CT molecular complexity index is 1100. The number of para-hydroxylation sites is 1. The predicted octanol–water partition coefficient (Wildman–Crippen LogP) is 5.85. The topological polar surface area (TPSA) is 70.1 Å². The molecular weight excluding hydrogens is 392 g/mol. The molecule has 0 amide bonds. The van der Waals surface area contributed by atoms with Crippen LogP contribution in [0.15, 0.2) is 101 Å². The maximum absolute atomic E-state index is 12.2. The number of anilines is 1. The highest BCUT2D eigenvalue weighted by Gasteiger charge is 2.17. The third-order valence-electron chi connectivity index (χ3n) is 4.35. The summed E-state index contributed by atoms with van der Waals surface area (Å²) in [7, 11) is 0. The van der Waals surface area contributed by atoms with Crippen LogP contribution >= 0.6 is 11.8 Å². The standard InChI is InChI=1S/C24H20N4OS/c1-17(29)23(28-27-20-15-9-4-10-16-20)30-24-25-21(18-11-5-2-6-12-18)22(26-24)19-13-7-3-8-14-19/h2-16,27H,1H3,(H,25,26). The van der Waals surface area contributed by atoms with Crippen LogP contribution in [0.1, 0.15) is 6.92 Å². The lowest BCUT2D eigenvalue weighted by Gasteiger charge is -2.03. The Morgan fingerprint density at radius 3 is 2.03 bits per heavy atom. The molecule has 0 atom stereocenters. The van der Waals surface area contributed by atoms with E-state index in [1.54, 1.807) is 0 Å². The van der Waals surface area contributed by atoms with Gasteiger partial charge in [0, 0.05) is 18.1 Å². The van der Waals surface area contributed by atoms with Gasteiger partial charge in [0.05, 0.1) is 17.1 Å². The van der Waals surface area contributed by atoms with Crippen molar-refractivity contribution in [2.45, 2.75) is 12.1 Å². The number of nitrogens with zero attached hydrogens (tertiary/aromatic N) is 2. The van der Waals surface area contributed by atoms with Gasteiger partial charge in [0.15, 0.2) is 16.0 Å². The number of hydrazone groups is 1. The molecule has 0 spiro atoms. The Hall–Kier alpha value is -3.64. The van der Waals surface area contributed by atoms with E-state index >= 15 is 0 Å². The van der Waals surface area contributed by atoms with Crippen molar-refractivity contribution < 1.29 is 4.79 Å². The molecule has 0 saturated heterocycles. The fourth-order valence-electron chi connectivity index (χ4n) is 2.91. The van der Waals surface area contributed by atoms with E-state index in [9.17, 15) is 4.79 Å². The van der Waals surface area contributed by atoms with Crippen LogP contribution < -0.4 is 5.43 Å². The summed E-state index contributed by atoms with van der Waals surface area (Å²) in [6.45, 7) is 1.50. The highest BCUT2D eigenvalue weighted by atomic mass is 32.2. The smallest absolute Gasteiger partial charge is 0.186 e. The molecule has 4 aromatic rings. The molecule has 5 nitrogen and oxygen atoms in total. The number of imidazole rings is 1. The quantitative estimate of drug-likeness (QED) is 0.180. The Morgan fingerprint density at radius 1 is 0.867 bits per heavy atom. The molecule has 0 saturated carbocycles. The average Bonchev–Trinajstić information content (AvgIpc) is 3.22. The number of thioether (sulfide) groups is 1. The Kier molecular flexibility index (Phi) is 6.06. The molecular formula is C24H20N4OS. The molecule has 0 unspecified atom stereocenters. The monoisotopic (exact) mass is 412 g/mol. The van der Waals surface area contributed by atoms with Gasteiger partial charge in [-0.05, 0) is 23.9 Å². The lowest BCUT2D eigenvalue weighted by atomic mass is 10.1. The minimum atomic E-state index is -0.137. The number of hydrogen-bond acceptors (Lipinski definition) is 5. The van der Waals surface area contributed by atoms with Crippen molar-refractivity contribution in [3.8, 4) is 22.5 Å². The number of nitrogens with one attached hydrogen (secondary N) is 2. The summed E-state index contributed by atoms with van der Waals surface area (Å²) in [4.78, 5) is 20.3. The van der Waals surface area contributed by atoms with Crippen LogP contribution in [0.3, 0.4) is 0 Å². The minimum absolute atomic E-state index is 0.137. The van der Waals surface area contributed by atoms with Gasteiger partial charge >= 0.3 is 0 Å². The summed E-state index contributed by atoms with van der Waals surface area (Å²) in [5.74, 6) is -0.137. The number of benzene rings is 3. The number of H-pyrrole nitrogens is 1. The number of hydrogen-bond donors (Lipinski definition) is 2. The van der Waals surface area contributed by atoms with Gasteiger partial charge in [-0.25, -0.2) is 4.98 Å². The molecule has 0 bridgehead atoms. The maximum atomic E-state index is 12.2. The highest BCUT2D eigenvalue weighted by molar-refractivity contribution is 8.15. The number of ketones is 1.